The van der Waals surface area contributed by atoms with Crippen molar-refractivity contribution >= 4 is 30.6 Å². The quantitative estimate of drug-likeness (QED) is 0.338. The lowest BCUT2D eigenvalue weighted by Crippen LogP contribution is -2.35. The van der Waals surface area contributed by atoms with Gasteiger partial charge >= 0.3 is 13.7 Å². The van der Waals surface area contributed by atoms with Gasteiger partial charge in [-0.1, -0.05) is 18.2 Å². The minimum Gasteiger partial charge on any atom is -0.468 e. The van der Waals surface area contributed by atoms with Crippen molar-refractivity contribution < 1.29 is 32.3 Å². The van der Waals surface area contributed by atoms with Gasteiger partial charge < -0.3 is 24.3 Å². The van der Waals surface area contributed by atoms with Crippen molar-refractivity contribution in [1.29, 1.82) is 0 Å². The minimum atomic E-state index is -4.11. The highest BCUT2D eigenvalue weighted by atomic mass is 31.2. The summed E-state index contributed by atoms with van der Waals surface area (Å²) in [6.45, 7) is 1.06. The molecular formula is C21H25FN5O6P. The van der Waals surface area contributed by atoms with Crippen LogP contribution in [0.15, 0.2) is 48.9 Å². The summed E-state index contributed by atoms with van der Waals surface area (Å²) in [7, 11) is -2.91. The molecule has 3 N–H and O–H groups in total. The normalized spacial score (nSPS) is 22.9. The van der Waals surface area contributed by atoms with E-state index in [1.807, 2.05) is 0 Å². The van der Waals surface area contributed by atoms with Crippen LogP contribution >= 0.6 is 7.75 Å². The number of hydrogen-bond acceptors (Lipinski definition) is 9. The molecule has 1 aliphatic rings. The molecule has 1 saturated heterocycles. The molecule has 13 heteroatoms. The third-order valence-corrected chi connectivity index (χ3v) is 6.94. The lowest BCUT2D eigenvalue weighted by Gasteiger charge is -2.24. The van der Waals surface area contributed by atoms with Crippen LogP contribution in [0.2, 0.25) is 0 Å². The van der Waals surface area contributed by atoms with Crippen LogP contribution in [0.3, 0.4) is 0 Å². The summed E-state index contributed by atoms with van der Waals surface area (Å²) in [5, 5.41) is 3.15. The van der Waals surface area contributed by atoms with E-state index in [-0.39, 0.29) is 18.8 Å². The van der Waals surface area contributed by atoms with Crippen molar-refractivity contribution in [3.05, 3.63) is 48.9 Å². The van der Waals surface area contributed by atoms with Crippen LogP contribution in [-0.2, 0) is 23.4 Å². The predicted octanol–water partition coefficient (Wildman–Crippen LogP) is 2.99. The molecule has 4 rings (SSSR count). The van der Waals surface area contributed by atoms with Gasteiger partial charge in [-0.2, -0.15) is 5.09 Å². The van der Waals surface area contributed by atoms with E-state index in [1.165, 1.54) is 20.4 Å². The molecule has 34 heavy (non-hydrogen) atoms. The summed E-state index contributed by atoms with van der Waals surface area (Å²) < 4.78 is 51.5. The first-order valence-electron chi connectivity index (χ1n) is 10.5. The Kier molecular flexibility index (Phi) is 7.13. The fourth-order valence-corrected chi connectivity index (χ4v) is 5.08. The number of rotatable bonds is 9. The third kappa shape index (κ3) is 5.20. The Morgan fingerprint density at radius 2 is 2.12 bits per heavy atom. The van der Waals surface area contributed by atoms with Crippen LogP contribution in [0.1, 0.15) is 19.6 Å². The van der Waals surface area contributed by atoms with E-state index < -0.39 is 38.3 Å². The number of aromatic nitrogens is 3. The van der Waals surface area contributed by atoms with Gasteiger partial charge in [0.1, 0.15) is 48.1 Å². The topological polar surface area (TPSA) is 140 Å². The molecule has 0 spiro atoms. The van der Waals surface area contributed by atoms with Gasteiger partial charge in [0.05, 0.1) is 19.1 Å². The second-order valence-electron chi connectivity index (χ2n) is 7.67. The standard InChI is InChI=1S/C21H25FN5O6P/c1-13(21(28)30-2)26-34(29,33-14-6-4-3-5-7-14)31-11-17-16(22)10-18(32-17)27-9-8-15-19(23)24-12-25-20(15)27/h3-9,12-13,16-18H,10-11H2,1-2H3,(H,26,29)(H2,23,24,25)/t13-,16-,17+,18+,34?/m0/s1. The zero-order valence-corrected chi connectivity index (χ0v) is 19.4. The Labute approximate surface area is 194 Å². The number of carbonyl (C=O) groups excluding carboxylic acids is 1. The number of alkyl halides is 1. The van der Waals surface area contributed by atoms with Crippen LogP contribution in [0.25, 0.3) is 11.0 Å². The number of para-hydroxylation sites is 1. The smallest absolute Gasteiger partial charge is 0.459 e. The number of nitrogen functional groups attached to an aromatic ring is 1. The van der Waals surface area contributed by atoms with Crippen LogP contribution in [0, 0.1) is 0 Å². The maximum atomic E-state index is 14.9. The molecule has 1 fully saturated rings. The van der Waals surface area contributed by atoms with Gasteiger partial charge in [0.25, 0.3) is 0 Å². The van der Waals surface area contributed by atoms with E-state index in [9.17, 15) is 13.8 Å². The number of nitrogens with zero attached hydrogens (tertiary/aromatic N) is 3. The number of ether oxygens (including phenoxy) is 2. The summed E-state index contributed by atoms with van der Waals surface area (Å²) in [6, 6.07) is 9.00. The van der Waals surface area contributed by atoms with Crippen molar-refractivity contribution in [2.75, 3.05) is 19.5 Å². The molecule has 0 aliphatic carbocycles. The monoisotopic (exact) mass is 493 g/mol. The molecule has 0 amide bonds. The SMILES string of the molecule is COC(=O)[C@H](C)NP(=O)(OC[C@H]1O[C@@H](n2ccc3c(N)ncnc32)C[C@@H]1F)Oc1ccccc1. The van der Waals surface area contributed by atoms with Crippen molar-refractivity contribution in [2.24, 2.45) is 0 Å². The molecule has 11 nitrogen and oxygen atoms in total. The Hall–Kier alpha value is -3.05. The van der Waals surface area contributed by atoms with Crippen molar-refractivity contribution in [2.45, 2.75) is 37.9 Å². The number of fused-ring (bicyclic) bond motifs is 1. The fourth-order valence-electron chi connectivity index (χ4n) is 3.58. The van der Waals surface area contributed by atoms with E-state index in [1.54, 1.807) is 47.2 Å². The number of benzene rings is 1. The first kappa shape index (κ1) is 24.1. The lowest BCUT2D eigenvalue weighted by atomic mass is 10.2. The van der Waals surface area contributed by atoms with Gasteiger partial charge in [-0.3, -0.25) is 9.32 Å². The minimum absolute atomic E-state index is 0.0253. The highest BCUT2D eigenvalue weighted by Crippen LogP contribution is 2.46. The van der Waals surface area contributed by atoms with E-state index >= 15 is 0 Å². The highest BCUT2D eigenvalue weighted by molar-refractivity contribution is 7.52. The number of esters is 1. The molecule has 0 saturated carbocycles. The van der Waals surface area contributed by atoms with E-state index in [2.05, 4.69) is 19.8 Å². The first-order valence-corrected chi connectivity index (χ1v) is 12.1. The average molecular weight is 493 g/mol. The molecule has 3 aromatic rings. The number of carbonyl (C=O) groups is 1. The van der Waals surface area contributed by atoms with Crippen LogP contribution in [0.4, 0.5) is 10.2 Å². The van der Waals surface area contributed by atoms with Gasteiger partial charge in [0.2, 0.25) is 0 Å². The van der Waals surface area contributed by atoms with Crippen molar-refractivity contribution in [3.63, 3.8) is 0 Å². The summed E-state index contributed by atoms with van der Waals surface area (Å²) in [6.07, 6.45) is -0.0834. The van der Waals surface area contributed by atoms with Gasteiger partial charge in [0, 0.05) is 12.6 Å². The molecule has 182 valence electrons. The fraction of sp³-hybridized carbons (Fsp3) is 0.381. The van der Waals surface area contributed by atoms with Crippen molar-refractivity contribution in [3.8, 4) is 5.75 Å². The number of methoxy groups -OCH3 is 1. The summed E-state index contributed by atoms with van der Waals surface area (Å²) in [5.41, 5.74) is 6.38. The Balaban J connectivity index is 1.47. The van der Waals surface area contributed by atoms with E-state index in [0.717, 1.165) is 0 Å². The maximum Gasteiger partial charge on any atom is 0.459 e. The average Bonchev–Trinajstić information content (AvgIpc) is 3.42. The van der Waals surface area contributed by atoms with E-state index in [4.69, 9.17) is 19.5 Å². The molecule has 5 atom stereocenters. The van der Waals surface area contributed by atoms with Crippen molar-refractivity contribution in [1.82, 2.24) is 19.6 Å². The third-order valence-electron chi connectivity index (χ3n) is 5.30. The first-order chi connectivity index (χ1) is 16.3. The van der Waals surface area contributed by atoms with Gasteiger partial charge in [-0.05, 0) is 25.1 Å². The molecule has 0 radical (unpaired) electrons. The second-order valence-corrected chi connectivity index (χ2v) is 9.37. The van der Waals surface area contributed by atoms with Crippen LogP contribution in [-0.4, -0.2) is 52.5 Å². The molecule has 1 aromatic carbocycles. The number of anilines is 1. The summed E-state index contributed by atoms with van der Waals surface area (Å²) in [4.78, 5) is 20.0. The van der Waals surface area contributed by atoms with Gasteiger partial charge in [-0.15, -0.1) is 0 Å². The molecular weight excluding hydrogens is 468 g/mol. The Bertz CT molecular complexity index is 1190. The molecule has 3 heterocycles. The van der Waals surface area contributed by atoms with Gasteiger partial charge in [-0.25, -0.2) is 18.9 Å². The van der Waals surface area contributed by atoms with Crippen LogP contribution in [0.5, 0.6) is 5.75 Å². The highest BCUT2D eigenvalue weighted by Gasteiger charge is 2.40. The molecule has 1 unspecified atom stereocenters. The second kappa shape index (κ2) is 10.1. The van der Waals surface area contributed by atoms with E-state index in [0.29, 0.717) is 16.9 Å². The largest absolute Gasteiger partial charge is 0.468 e. The summed E-state index contributed by atoms with van der Waals surface area (Å²) >= 11 is 0. The number of nitrogens with one attached hydrogen (secondary N) is 1. The zero-order valence-electron chi connectivity index (χ0n) is 18.5. The van der Waals surface area contributed by atoms with Gasteiger partial charge in [0.15, 0.2) is 0 Å². The Morgan fingerprint density at radius 3 is 2.85 bits per heavy atom. The Morgan fingerprint density at radius 1 is 1.35 bits per heavy atom. The molecule has 2 aromatic heterocycles. The number of halogens is 1. The lowest BCUT2D eigenvalue weighted by molar-refractivity contribution is -0.142. The molecule has 0 bridgehead atoms. The van der Waals surface area contributed by atoms with Crippen LogP contribution < -0.4 is 15.3 Å². The summed E-state index contributed by atoms with van der Waals surface area (Å²) in [5.74, 6) is -0.112. The number of hydrogen-bond donors (Lipinski definition) is 2. The predicted molar refractivity (Wildman–Crippen MR) is 121 cm³/mol. The number of nitrogens with two attached hydrogens (primary N) is 1. The maximum absolute atomic E-state index is 14.9. The molecule has 1 aliphatic heterocycles. The zero-order chi connectivity index (χ0) is 24.3.